The molecule has 0 radical (unpaired) electrons. The van der Waals surface area contributed by atoms with E-state index in [0.29, 0.717) is 6.42 Å². The topological polar surface area (TPSA) is 90.4 Å². The van der Waals surface area contributed by atoms with Crippen LogP contribution in [-0.2, 0) is 16.8 Å². The number of carboxylic acid groups (broad SMARTS) is 1. The average Bonchev–Trinajstić information content (AvgIpc) is 3.41. The van der Waals surface area contributed by atoms with Gasteiger partial charge in [-0.25, -0.2) is 0 Å². The second-order valence-corrected chi connectivity index (χ2v) is 12.1. The fourth-order valence-corrected chi connectivity index (χ4v) is 6.54. The van der Waals surface area contributed by atoms with Crippen LogP contribution < -0.4 is 14.6 Å². The Kier molecular flexibility index (Phi) is 10.5. The van der Waals surface area contributed by atoms with E-state index in [9.17, 15) is 20.0 Å². The third-order valence-electron chi connectivity index (χ3n) is 7.66. The molecule has 0 atom stereocenters. The molecule has 0 saturated carbocycles. The molecule has 7 nitrogen and oxygen atoms in total. The highest BCUT2D eigenvalue weighted by Gasteiger charge is 2.40. The lowest BCUT2D eigenvalue weighted by atomic mass is 9.83. The Hall–Kier alpha value is -4.04. The van der Waals surface area contributed by atoms with Gasteiger partial charge in [-0.3, -0.25) is 10.1 Å². The van der Waals surface area contributed by atoms with Crippen molar-refractivity contribution < 1.29 is 19.4 Å². The number of carboxylic acids is 1. The normalized spacial score (nSPS) is 15.6. The number of aromatic nitrogens is 1. The number of unbranched alkanes of at least 4 members (excludes halogenated alkanes) is 3. The molecule has 42 heavy (non-hydrogen) atoms. The summed E-state index contributed by atoms with van der Waals surface area (Å²) in [5.41, 5.74) is 4.14. The Labute approximate surface area is 252 Å². The first-order valence-electron chi connectivity index (χ1n) is 14.6. The van der Waals surface area contributed by atoms with Gasteiger partial charge in [-0.2, -0.15) is 4.57 Å². The molecule has 0 saturated heterocycles. The lowest BCUT2D eigenvalue weighted by Crippen LogP contribution is -2.35. The van der Waals surface area contributed by atoms with Gasteiger partial charge >= 0.3 is 0 Å². The van der Waals surface area contributed by atoms with Crippen molar-refractivity contribution in [1.29, 1.82) is 0 Å². The molecule has 0 aliphatic carbocycles. The molecule has 2 aromatic carbocycles. The first-order valence-corrected chi connectivity index (χ1v) is 15.5. The minimum atomic E-state index is -0.985. The molecule has 0 amide bonds. The maximum absolute atomic E-state index is 11.4. The van der Waals surface area contributed by atoms with Crippen molar-refractivity contribution in [3.05, 3.63) is 105 Å². The van der Waals surface area contributed by atoms with Crippen LogP contribution in [0.4, 0.5) is 11.4 Å². The Morgan fingerprint density at radius 3 is 2.55 bits per heavy atom. The summed E-state index contributed by atoms with van der Waals surface area (Å²) in [7, 11) is 0. The van der Waals surface area contributed by atoms with Crippen LogP contribution in [0.5, 0.6) is 0 Å². The van der Waals surface area contributed by atoms with Gasteiger partial charge in [0.2, 0.25) is 5.52 Å². The lowest BCUT2D eigenvalue weighted by Gasteiger charge is -2.26. The molecule has 0 N–H and O–H groups in total. The number of thiazole rings is 1. The number of benzene rings is 2. The summed E-state index contributed by atoms with van der Waals surface area (Å²) in [5, 5.41) is 23.3. The molecule has 0 bridgehead atoms. The zero-order chi connectivity index (χ0) is 30.1. The predicted molar refractivity (Wildman–Crippen MR) is 169 cm³/mol. The fourth-order valence-electron chi connectivity index (χ4n) is 5.43. The zero-order valence-electron chi connectivity index (χ0n) is 24.6. The third kappa shape index (κ3) is 7.23. The van der Waals surface area contributed by atoms with Crippen molar-refractivity contribution in [2.75, 3.05) is 11.4 Å². The van der Waals surface area contributed by atoms with Gasteiger partial charge < -0.3 is 14.8 Å². The largest absolute Gasteiger partial charge is 0.550 e. The number of rotatable bonds is 14. The van der Waals surface area contributed by atoms with Crippen molar-refractivity contribution in [3.63, 3.8) is 0 Å². The van der Waals surface area contributed by atoms with Gasteiger partial charge in [0, 0.05) is 60.0 Å². The number of nitrogens with zero attached hydrogens (tertiary/aromatic N) is 3. The molecular formula is C34H39N3O4S. The lowest BCUT2D eigenvalue weighted by molar-refractivity contribution is -0.669. The number of hydrogen-bond acceptors (Lipinski definition) is 6. The van der Waals surface area contributed by atoms with Crippen molar-refractivity contribution in [1.82, 2.24) is 0 Å². The van der Waals surface area contributed by atoms with Crippen LogP contribution in [0, 0.1) is 10.1 Å². The van der Waals surface area contributed by atoms with Gasteiger partial charge in [0.1, 0.15) is 4.70 Å². The number of carbonyl (C=O) groups is 1. The van der Waals surface area contributed by atoms with Crippen LogP contribution in [-0.4, -0.2) is 17.4 Å². The molecule has 1 aromatic heterocycles. The summed E-state index contributed by atoms with van der Waals surface area (Å²) in [4.78, 5) is 24.1. The SMILES string of the molecule is CCCCN1\C(=C/C=C/C=C/C=C/c2sc3ccccc3[n+]2CCCCCC(=O)[O-])C(C)(C)c2cc([N+](=O)[O-])ccc21. The van der Waals surface area contributed by atoms with Gasteiger partial charge in [-0.15, -0.1) is 0 Å². The predicted octanol–water partition coefficient (Wildman–Crippen LogP) is 7.01. The Bertz CT molecular complexity index is 1550. The smallest absolute Gasteiger partial charge is 0.269 e. The van der Waals surface area contributed by atoms with Gasteiger partial charge in [0.15, 0.2) is 6.54 Å². The number of aliphatic carboxylic acids is 1. The van der Waals surface area contributed by atoms with Crippen molar-refractivity contribution in [2.24, 2.45) is 0 Å². The molecule has 1 aliphatic heterocycles. The number of anilines is 1. The van der Waals surface area contributed by atoms with E-state index in [-0.39, 0.29) is 22.4 Å². The third-order valence-corrected chi connectivity index (χ3v) is 8.79. The summed E-state index contributed by atoms with van der Waals surface area (Å²) in [6.07, 6.45) is 18.9. The van der Waals surface area contributed by atoms with E-state index in [0.717, 1.165) is 60.7 Å². The number of nitro groups is 1. The first-order chi connectivity index (χ1) is 20.2. The van der Waals surface area contributed by atoms with Crippen LogP contribution >= 0.6 is 11.3 Å². The second kappa shape index (κ2) is 14.2. The molecular weight excluding hydrogens is 546 g/mol. The summed E-state index contributed by atoms with van der Waals surface area (Å²) >= 11 is 1.74. The van der Waals surface area contributed by atoms with E-state index in [1.54, 1.807) is 23.5 Å². The summed E-state index contributed by atoms with van der Waals surface area (Å²) in [6, 6.07) is 13.5. The molecule has 220 valence electrons. The first kappa shape index (κ1) is 30.9. The summed E-state index contributed by atoms with van der Waals surface area (Å²) < 4.78 is 3.53. The number of carbonyl (C=O) groups excluding carboxylic acids is 1. The van der Waals surface area contributed by atoms with Crippen molar-refractivity contribution in [2.45, 2.75) is 71.3 Å². The molecule has 8 heteroatoms. The number of fused-ring (bicyclic) bond motifs is 2. The van der Waals surface area contributed by atoms with E-state index in [2.05, 4.69) is 54.5 Å². The minimum absolute atomic E-state index is 0.112. The fraction of sp³-hybridized carbons (Fsp3) is 0.353. The quantitative estimate of drug-likeness (QED) is 0.0667. The van der Waals surface area contributed by atoms with E-state index in [4.69, 9.17) is 0 Å². The Morgan fingerprint density at radius 1 is 1.02 bits per heavy atom. The maximum atomic E-state index is 11.4. The number of hydrogen-bond donors (Lipinski definition) is 0. The molecule has 0 fully saturated rings. The zero-order valence-corrected chi connectivity index (χ0v) is 25.4. The second-order valence-electron chi connectivity index (χ2n) is 11.0. The summed E-state index contributed by atoms with van der Waals surface area (Å²) in [6.45, 7) is 8.13. The van der Waals surface area contributed by atoms with Gasteiger partial charge in [-0.1, -0.05) is 81.0 Å². The maximum Gasteiger partial charge on any atom is 0.269 e. The molecule has 3 aromatic rings. The standard InChI is InChI=1S/C34H39N3O4S/c1-4-5-23-35-28-22-21-26(37(40)41)25-27(28)34(2,3)31(35)18-10-7-6-8-11-19-32-36(24-15-9-12-20-33(38)39)29-16-13-14-17-30(29)42-32/h6-8,10-11,13-14,16-19,21-22,25H,4-5,9,12,15,20,23-24H2,1-3H3. The Balaban J connectivity index is 1.47. The highest BCUT2D eigenvalue weighted by molar-refractivity contribution is 7.18. The van der Waals surface area contributed by atoms with E-state index in [1.165, 1.54) is 10.2 Å². The molecule has 0 unspecified atom stereocenters. The number of allylic oxidation sites excluding steroid dienone is 7. The highest BCUT2D eigenvalue weighted by atomic mass is 32.1. The van der Waals surface area contributed by atoms with E-state index in [1.807, 2.05) is 48.6 Å². The molecule has 1 aliphatic rings. The van der Waals surface area contributed by atoms with Crippen LogP contribution in [0.15, 0.2) is 84.6 Å². The molecule has 4 rings (SSSR count). The number of para-hydroxylation sites is 1. The number of non-ortho nitro benzene ring substituents is 1. The van der Waals surface area contributed by atoms with Crippen LogP contribution in [0.1, 0.15) is 69.9 Å². The summed E-state index contributed by atoms with van der Waals surface area (Å²) in [5.74, 6) is -0.985. The van der Waals surface area contributed by atoms with Crippen LogP contribution in [0.3, 0.4) is 0 Å². The molecule has 0 spiro atoms. The Morgan fingerprint density at radius 2 is 1.79 bits per heavy atom. The van der Waals surface area contributed by atoms with Gasteiger partial charge in [-0.05, 0) is 49.5 Å². The van der Waals surface area contributed by atoms with E-state index < -0.39 is 5.97 Å². The van der Waals surface area contributed by atoms with Crippen LogP contribution in [0.25, 0.3) is 16.3 Å². The van der Waals surface area contributed by atoms with Gasteiger partial charge in [0.25, 0.3) is 10.7 Å². The average molecular weight is 586 g/mol. The van der Waals surface area contributed by atoms with Gasteiger partial charge in [0.05, 0.1) is 4.92 Å². The number of aryl methyl sites for hydroxylation is 1. The monoisotopic (exact) mass is 585 g/mol. The minimum Gasteiger partial charge on any atom is -0.550 e. The van der Waals surface area contributed by atoms with Crippen molar-refractivity contribution >= 4 is 45.0 Å². The van der Waals surface area contributed by atoms with Crippen LogP contribution in [0.2, 0.25) is 0 Å². The number of nitro benzene ring substituents is 1. The van der Waals surface area contributed by atoms with Crippen molar-refractivity contribution in [3.8, 4) is 0 Å². The highest BCUT2D eigenvalue weighted by Crippen LogP contribution is 2.48. The van der Waals surface area contributed by atoms with E-state index >= 15 is 0 Å². The molecule has 2 heterocycles.